The lowest BCUT2D eigenvalue weighted by Gasteiger charge is -2.19. The molecule has 102 valence electrons. The van der Waals surface area contributed by atoms with Crippen LogP contribution in [0.15, 0.2) is 42.6 Å². The lowest BCUT2D eigenvalue weighted by Crippen LogP contribution is -2.14. The number of ether oxygens (including phenoxy) is 2. The van der Waals surface area contributed by atoms with Crippen LogP contribution in [0.3, 0.4) is 0 Å². The van der Waals surface area contributed by atoms with Gasteiger partial charge in [0.2, 0.25) is 0 Å². The number of pyridine rings is 1. The Morgan fingerprint density at radius 1 is 1.05 bits per heavy atom. The molecule has 1 aromatic heterocycles. The van der Waals surface area contributed by atoms with Crippen molar-refractivity contribution in [1.82, 2.24) is 4.98 Å². The Labute approximate surface area is 118 Å². The van der Waals surface area contributed by atoms with Crippen molar-refractivity contribution < 1.29 is 9.47 Å². The van der Waals surface area contributed by atoms with Crippen LogP contribution in [0.4, 0.5) is 11.5 Å². The van der Waals surface area contributed by atoms with Crippen LogP contribution in [-0.2, 0) is 15.9 Å². The number of hydrogen-bond acceptors (Lipinski definition) is 4. The molecule has 0 aliphatic carbocycles. The average Bonchev–Trinajstić information content (AvgIpc) is 3.17. The van der Waals surface area contributed by atoms with Crippen molar-refractivity contribution >= 4 is 11.5 Å². The molecule has 1 saturated heterocycles. The molecule has 4 rings (SSSR count). The van der Waals surface area contributed by atoms with Gasteiger partial charge in [-0.2, -0.15) is 0 Å². The van der Waals surface area contributed by atoms with E-state index in [1.165, 1.54) is 11.3 Å². The van der Waals surface area contributed by atoms with Gasteiger partial charge < -0.3 is 14.4 Å². The minimum absolute atomic E-state index is 0.248. The first kappa shape index (κ1) is 11.9. The Hall–Kier alpha value is -1.91. The molecule has 0 N–H and O–H groups in total. The number of anilines is 2. The third kappa shape index (κ3) is 1.97. The Kier molecular flexibility index (Phi) is 2.90. The van der Waals surface area contributed by atoms with E-state index in [1.54, 1.807) is 0 Å². The van der Waals surface area contributed by atoms with Gasteiger partial charge in [0, 0.05) is 24.0 Å². The van der Waals surface area contributed by atoms with Gasteiger partial charge in [-0.3, -0.25) is 0 Å². The highest BCUT2D eigenvalue weighted by Gasteiger charge is 2.22. The molecular weight excluding hydrogens is 252 g/mol. The Morgan fingerprint density at radius 3 is 2.70 bits per heavy atom. The van der Waals surface area contributed by atoms with E-state index in [9.17, 15) is 0 Å². The summed E-state index contributed by atoms with van der Waals surface area (Å²) < 4.78 is 11.0. The van der Waals surface area contributed by atoms with Gasteiger partial charge in [0.15, 0.2) is 6.29 Å². The van der Waals surface area contributed by atoms with Crippen molar-refractivity contribution in [2.75, 3.05) is 24.7 Å². The molecule has 0 amide bonds. The molecule has 1 fully saturated rings. The molecule has 0 radical (unpaired) electrons. The summed E-state index contributed by atoms with van der Waals surface area (Å²) >= 11 is 0. The van der Waals surface area contributed by atoms with Crippen LogP contribution >= 0.6 is 0 Å². The minimum Gasteiger partial charge on any atom is -0.346 e. The summed E-state index contributed by atoms with van der Waals surface area (Å²) in [5.41, 5.74) is 3.64. The zero-order valence-electron chi connectivity index (χ0n) is 11.2. The number of rotatable bonds is 2. The minimum atomic E-state index is -0.248. The number of aromatic nitrogens is 1. The molecule has 0 saturated carbocycles. The fourth-order valence-electron chi connectivity index (χ4n) is 2.82. The van der Waals surface area contributed by atoms with Gasteiger partial charge in [-0.25, -0.2) is 4.98 Å². The summed E-state index contributed by atoms with van der Waals surface area (Å²) in [7, 11) is 0. The third-order valence-electron chi connectivity index (χ3n) is 3.83. The largest absolute Gasteiger partial charge is 0.346 e. The second-order valence-corrected chi connectivity index (χ2v) is 5.05. The SMILES string of the molecule is c1ccc2c(c1)CCN2c1ccc(C2OCCO2)cn1. The monoisotopic (exact) mass is 268 g/mol. The van der Waals surface area contributed by atoms with Crippen LogP contribution in [0.1, 0.15) is 17.4 Å². The summed E-state index contributed by atoms with van der Waals surface area (Å²) in [5, 5.41) is 0. The highest BCUT2D eigenvalue weighted by Crippen LogP contribution is 2.33. The summed E-state index contributed by atoms with van der Waals surface area (Å²) in [5.74, 6) is 0.983. The van der Waals surface area contributed by atoms with Gasteiger partial charge in [-0.05, 0) is 30.2 Å². The maximum absolute atomic E-state index is 5.48. The van der Waals surface area contributed by atoms with Gasteiger partial charge in [0.1, 0.15) is 5.82 Å². The first-order chi connectivity index (χ1) is 9.92. The third-order valence-corrected chi connectivity index (χ3v) is 3.83. The Morgan fingerprint density at radius 2 is 1.90 bits per heavy atom. The molecular formula is C16H16N2O2. The van der Waals surface area contributed by atoms with E-state index in [4.69, 9.17) is 9.47 Å². The van der Waals surface area contributed by atoms with Crippen molar-refractivity contribution in [2.24, 2.45) is 0 Å². The number of hydrogen-bond donors (Lipinski definition) is 0. The van der Waals surface area contributed by atoms with Crippen molar-refractivity contribution in [1.29, 1.82) is 0 Å². The van der Waals surface area contributed by atoms with E-state index in [-0.39, 0.29) is 6.29 Å². The molecule has 4 heteroatoms. The first-order valence-corrected chi connectivity index (χ1v) is 6.96. The molecule has 0 unspecified atom stereocenters. The maximum Gasteiger partial charge on any atom is 0.185 e. The van der Waals surface area contributed by atoms with Gasteiger partial charge in [-0.15, -0.1) is 0 Å². The first-order valence-electron chi connectivity index (χ1n) is 6.96. The van der Waals surface area contributed by atoms with E-state index in [0.29, 0.717) is 13.2 Å². The molecule has 3 heterocycles. The zero-order valence-corrected chi connectivity index (χ0v) is 11.2. The molecule has 2 aliphatic heterocycles. The highest BCUT2D eigenvalue weighted by molar-refractivity contribution is 5.67. The summed E-state index contributed by atoms with van der Waals surface area (Å²) in [4.78, 5) is 6.83. The van der Waals surface area contributed by atoms with Crippen molar-refractivity contribution in [3.63, 3.8) is 0 Å². The quantitative estimate of drug-likeness (QED) is 0.839. The summed E-state index contributed by atoms with van der Waals surface area (Å²) in [6.07, 6.45) is 2.68. The maximum atomic E-state index is 5.48. The molecule has 20 heavy (non-hydrogen) atoms. The van der Waals surface area contributed by atoms with Crippen molar-refractivity contribution in [2.45, 2.75) is 12.7 Å². The second kappa shape index (κ2) is 4.89. The predicted molar refractivity (Wildman–Crippen MR) is 76.0 cm³/mol. The van der Waals surface area contributed by atoms with E-state index < -0.39 is 0 Å². The number of benzene rings is 1. The standard InChI is InChI=1S/C16H16N2O2/c1-2-4-14-12(3-1)7-8-18(14)15-6-5-13(11-17-15)16-19-9-10-20-16/h1-6,11,16H,7-10H2. The van der Waals surface area contributed by atoms with E-state index in [1.807, 2.05) is 18.3 Å². The van der Waals surface area contributed by atoms with Crippen LogP contribution in [-0.4, -0.2) is 24.7 Å². The molecule has 0 spiro atoms. The molecule has 1 aromatic carbocycles. The molecule has 0 bridgehead atoms. The molecule has 2 aromatic rings. The number of nitrogens with zero attached hydrogens (tertiary/aromatic N) is 2. The lowest BCUT2D eigenvalue weighted by atomic mass is 10.2. The summed E-state index contributed by atoms with van der Waals surface area (Å²) in [6.45, 7) is 2.31. The molecule has 2 aliphatic rings. The topological polar surface area (TPSA) is 34.6 Å². The Balaban J connectivity index is 1.60. The molecule has 0 atom stereocenters. The van der Waals surface area contributed by atoms with Gasteiger partial charge in [0.25, 0.3) is 0 Å². The summed E-state index contributed by atoms with van der Waals surface area (Å²) in [6, 6.07) is 12.6. The Bertz CT molecular complexity index is 606. The van der Waals surface area contributed by atoms with Gasteiger partial charge in [-0.1, -0.05) is 18.2 Å². The second-order valence-electron chi connectivity index (χ2n) is 5.05. The number of fused-ring (bicyclic) bond motifs is 1. The van der Waals surface area contributed by atoms with E-state index in [0.717, 1.165) is 24.3 Å². The van der Waals surface area contributed by atoms with Crippen LogP contribution in [0.25, 0.3) is 0 Å². The average molecular weight is 268 g/mol. The fourth-order valence-corrected chi connectivity index (χ4v) is 2.82. The number of para-hydroxylation sites is 1. The van der Waals surface area contributed by atoms with Crippen LogP contribution < -0.4 is 4.90 Å². The van der Waals surface area contributed by atoms with E-state index >= 15 is 0 Å². The molecule has 4 nitrogen and oxygen atoms in total. The highest BCUT2D eigenvalue weighted by atomic mass is 16.7. The van der Waals surface area contributed by atoms with Gasteiger partial charge in [0.05, 0.1) is 13.2 Å². The van der Waals surface area contributed by atoms with Crippen LogP contribution in [0.5, 0.6) is 0 Å². The van der Waals surface area contributed by atoms with Gasteiger partial charge >= 0.3 is 0 Å². The zero-order chi connectivity index (χ0) is 13.4. The lowest BCUT2D eigenvalue weighted by molar-refractivity contribution is -0.0443. The van der Waals surface area contributed by atoms with E-state index in [2.05, 4.69) is 34.1 Å². The van der Waals surface area contributed by atoms with Crippen molar-refractivity contribution in [3.8, 4) is 0 Å². The van der Waals surface area contributed by atoms with Crippen LogP contribution in [0.2, 0.25) is 0 Å². The predicted octanol–water partition coefficient (Wildman–Crippen LogP) is 2.82. The van der Waals surface area contributed by atoms with Crippen LogP contribution in [0, 0.1) is 0 Å². The van der Waals surface area contributed by atoms with Crippen molar-refractivity contribution in [3.05, 3.63) is 53.7 Å². The normalized spacial score (nSPS) is 18.5. The fraction of sp³-hybridized carbons (Fsp3) is 0.312. The smallest absolute Gasteiger partial charge is 0.185 e.